The van der Waals surface area contributed by atoms with Crippen molar-refractivity contribution in [2.45, 2.75) is 6.54 Å². The normalized spacial score (nSPS) is 10.8. The smallest absolute Gasteiger partial charge is 0.223 e. The van der Waals surface area contributed by atoms with Crippen LogP contribution in [0.15, 0.2) is 60.5 Å². The Kier molecular flexibility index (Phi) is 4.22. The zero-order valence-corrected chi connectivity index (χ0v) is 14.4. The first-order chi connectivity index (χ1) is 12.3. The number of benzene rings is 1. The molecule has 6 nitrogen and oxygen atoms in total. The molecule has 0 unspecified atom stereocenters. The molecule has 4 rings (SSSR count). The first-order valence-electron chi connectivity index (χ1n) is 7.83. The van der Waals surface area contributed by atoms with E-state index < -0.39 is 0 Å². The lowest BCUT2D eigenvalue weighted by Crippen LogP contribution is -2.04. The van der Waals surface area contributed by atoms with Gasteiger partial charge in [0.05, 0.1) is 24.3 Å². The van der Waals surface area contributed by atoms with Crippen LogP contribution in [-0.2, 0) is 13.6 Å². The SMILES string of the molecule is Cn1cnc(CNc2nccc(-c3csc(-c4ccccc4)n3)n2)c1. The quantitative estimate of drug-likeness (QED) is 0.597. The highest BCUT2D eigenvalue weighted by atomic mass is 32.1. The zero-order valence-electron chi connectivity index (χ0n) is 13.6. The van der Waals surface area contributed by atoms with E-state index in [1.165, 1.54) is 0 Å². The molecule has 0 aliphatic heterocycles. The van der Waals surface area contributed by atoms with Crippen molar-refractivity contribution in [3.05, 3.63) is 66.2 Å². The third-order valence-electron chi connectivity index (χ3n) is 3.63. The molecule has 0 amide bonds. The summed E-state index contributed by atoms with van der Waals surface area (Å²) in [6.07, 6.45) is 5.47. The maximum Gasteiger partial charge on any atom is 0.223 e. The van der Waals surface area contributed by atoms with E-state index in [9.17, 15) is 0 Å². The van der Waals surface area contributed by atoms with E-state index in [4.69, 9.17) is 4.98 Å². The summed E-state index contributed by atoms with van der Waals surface area (Å²) < 4.78 is 1.91. The van der Waals surface area contributed by atoms with E-state index in [1.807, 2.05) is 47.5 Å². The van der Waals surface area contributed by atoms with Gasteiger partial charge in [-0.3, -0.25) is 0 Å². The number of aromatic nitrogens is 5. The van der Waals surface area contributed by atoms with Crippen molar-refractivity contribution >= 4 is 17.3 Å². The molecule has 0 bridgehead atoms. The van der Waals surface area contributed by atoms with Gasteiger partial charge in [-0.25, -0.2) is 19.9 Å². The van der Waals surface area contributed by atoms with Crippen LogP contribution in [0.5, 0.6) is 0 Å². The fourth-order valence-electron chi connectivity index (χ4n) is 2.42. The number of hydrogen-bond donors (Lipinski definition) is 1. The lowest BCUT2D eigenvalue weighted by Gasteiger charge is -2.03. The summed E-state index contributed by atoms with van der Waals surface area (Å²) in [6.45, 7) is 0.580. The highest BCUT2D eigenvalue weighted by Gasteiger charge is 2.09. The van der Waals surface area contributed by atoms with E-state index in [1.54, 1.807) is 23.9 Å². The van der Waals surface area contributed by atoms with E-state index >= 15 is 0 Å². The molecule has 3 heterocycles. The van der Waals surface area contributed by atoms with Gasteiger partial charge in [-0.15, -0.1) is 11.3 Å². The standard InChI is InChI=1S/C18H16N6S/c1-24-10-14(21-12-24)9-20-18-19-8-7-15(23-18)16-11-25-17(22-16)13-5-3-2-4-6-13/h2-8,10-12H,9H2,1H3,(H,19,20,23). The van der Waals surface area contributed by atoms with Gasteiger partial charge >= 0.3 is 0 Å². The Hall–Kier alpha value is -3.06. The minimum Gasteiger partial charge on any atom is -0.348 e. The number of thiazole rings is 1. The topological polar surface area (TPSA) is 68.5 Å². The van der Waals surface area contributed by atoms with Gasteiger partial charge in [0.2, 0.25) is 5.95 Å². The molecule has 124 valence electrons. The van der Waals surface area contributed by atoms with E-state index in [-0.39, 0.29) is 0 Å². The van der Waals surface area contributed by atoms with Crippen molar-refractivity contribution in [1.82, 2.24) is 24.5 Å². The molecular weight excluding hydrogens is 332 g/mol. The average molecular weight is 348 g/mol. The average Bonchev–Trinajstić information content (AvgIpc) is 3.30. The number of nitrogens with zero attached hydrogens (tertiary/aromatic N) is 5. The lowest BCUT2D eigenvalue weighted by atomic mass is 10.2. The molecule has 4 aromatic rings. The zero-order chi connectivity index (χ0) is 17.1. The van der Waals surface area contributed by atoms with Gasteiger partial charge in [0.25, 0.3) is 0 Å². The van der Waals surface area contributed by atoms with Crippen molar-refractivity contribution in [3.63, 3.8) is 0 Å². The summed E-state index contributed by atoms with van der Waals surface area (Å²) in [5.74, 6) is 0.567. The molecule has 0 aliphatic carbocycles. The van der Waals surface area contributed by atoms with Gasteiger partial charge in [-0.1, -0.05) is 30.3 Å². The van der Waals surface area contributed by atoms with Crippen LogP contribution in [0.25, 0.3) is 22.0 Å². The fourth-order valence-corrected chi connectivity index (χ4v) is 3.24. The molecule has 25 heavy (non-hydrogen) atoms. The Labute approximate surface area is 149 Å². The molecule has 0 saturated heterocycles. The van der Waals surface area contributed by atoms with Crippen molar-refractivity contribution in [3.8, 4) is 22.0 Å². The summed E-state index contributed by atoms with van der Waals surface area (Å²) in [7, 11) is 1.94. The highest BCUT2D eigenvalue weighted by Crippen LogP contribution is 2.27. The van der Waals surface area contributed by atoms with Crippen LogP contribution in [0.1, 0.15) is 5.69 Å². The minimum atomic E-state index is 0.567. The summed E-state index contributed by atoms with van der Waals surface area (Å²) in [6, 6.07) is 12.0. The summed E-state index contributed by atoms with van der Waals surface area (Å²) in [5.41, 5.74) is 3.71. The molecule has 0 radical (unpaired) electrons. The van der Waals surface area contributed by atoms with Crippen molar-refractivity contribution < 1.29 is 0 Å². The second-order valence-electron chi connectivity index (χ2n) is 5.55. The van der Waals surface area contributed by atoms with Gasteiger partial charge in [-0.05, 0) is 6.07 Å². The van der Waals surface area contributed by atoms with Crippen molar-refractivity contribution in [2.75, 3.05) is 5.32 Å². The van der Waals surface area contributed by atoms with Crippen molar-refractivity contribution in [2.24, 2.45) is 7.05 Å². The Morgan fingerprint density at radius 2 is 1.92 bits per heavy atom. The Balaban J connectivity index is 1.52. The molecule has 1 aromatic carbocycles. The van der Waals surface area contributed by atoms with Crippen molar-refractivity contribution in [1.29, 1.82) is 0 Å². The molecule has 0 fully saturated rings. The summed E-state index contributed by atoms with van der Waals surface area (Å²) in [5, 5.41) is 6.21. The predicted octanol–water partition coefficient (Wildman–Crippen LogP) is 3.61. The van der Waals surface area contributed by atoms with Gasteiger partial charge in [0, 0.05) is 30.4 Å². The molecular formula is C18H16N6S. The summed E-state index contributed by atoms with van der Waals surface area (Å²) >= 11 is 1.61. The third-order valence-corrected chi connectivity index (χ3v) is 4.52. The van der Waals surface area contributed by atoms with Crippen LogP contribution < -0.4 is 5.32 Å². The number of aryl methyl sites for hydroxylation is 1. The Morgan fingerprint density at radius 3 is 2.72 bits per heavy atom. The van der Waals surface area contributed by atoms with Gasteiger partial charge in [0.15, 0.2) is 0 Å². The molecule has 3 aromatic heterocycles. The van der Waals surface area contributed by atoms with Gasteiger partial charge in [-0.2, -0.15) is 0 Å². The van der Waals surface area contributed by atoms with Gasteiger partial charge < -0.3 is 9.88 Å². The monoisotopic (exact) mass is 348 g/mol. The molecule has 1 N–H and O–H groups in total. The largest absolute Gasteiger partial charge is 0.348 e. The first-order valence-corrected chi connectivity index (χ1v) is 8.71. The van der Waals surface area contributed by atoms with Crippen LogP contribution in [0.3, 0.4) is 0 Å². The Morgan fingerprint density at radius 1 is 1.04 bits per heavy atom. The van der Waals surface area contributed by atoms with E-state index in [0.29, 0.717) is 12.5 Å². The maximum atomic E-state index is 4.70. The van der Waals surface area contributed by atoms with Crippen LogP contribution in [0.2, 0.25) is 0 Å². The molecule has 0 saturated carbocycles. The number of hydrogen-bond acceptors (Lipinski definition) is 6. The second kappa shape index (κ2) is 6.82. The number of nitrogens with one attached hydrogen (secondary N) is 1. The molecule has 0 atom stereocenters. The lowest BCUT2D eigenvalue weighted by molar-refractivity contribution is 0.912. The van der Waals surface area contributed by atoms with Crippen LogP contribution >= 0.6 is 11.3 Å². The highest BCUT2D eigenvalue weighted by molar-refractivity contribution is 7.13. The number of rotatable bonds is 5. The Bertz CT molecular complexity index is 976. The van der Waals surface area contributed by atoms with Crippen LogP contribution in [0.4, 0.5) is 5.95 Å². The van der Waals surface area contributed by atoms with Crippen LogP contribution in [0, 0.1) is 0 Å². The van der Waals surface area contributed by atoms with E-state index in [2.05, 4.69) is 32.4 Å². The number of anilines is 1. The molecule has 7 heteroatoms. The van der Waals surface area contributed by atoms with Gasteiger partial charge in [0.1, 0.15) is 10.7 Å². The maximum absolute atomic E-state index is 4.70. The summed E-state index contributed by atoms with van der Waals surface area (Å²) in [4.78, 5) is 17.8. The minimum absolute atomic E-state index is 0.567. The first kappa shape index (κ1) is 15.5. The van der Waals surface area contributed by atoms with E-state index in [0.717, 1.165) is 27.7 Å². The van der Waals surface area contributed by atoms with Crippen LogP contribution in [-0.4, -0.2) is 24.5 Å². The number of imidazole rings is 1. The molecule has 0 aliphatic rings. The third kappa shape index (κ3) is 3.56. The molecule has 0 spiro atoms. The fraction of sp³-hybridized carbons (Fsp3) is 0.111. The second-order valence-corrected chi connectivity index (χ2v) is 6.41. The predicted molar refractivity (Wildman–Crippen MR) is 99.1 cm³/mol.